The van der Waals surface area contributed by atoms with Gasteiger partial charge < -0.3 is 23.7 Å². The summed E-state index contributed by atoms with van der Waals surface area (Å²) in [7, 11) is 0. The molecule has 10 nitrogen and oxygen atoms in total. The molecule has 0 saturated heterocycles. The predicted molar refractivity (Wildman–Crippen MR) is 83.0 cm³/mol. The quantitative estimate of drug-likeness (QED) is 0.553. The van der Waals surface area contributed by atoms with Gasteiger partial charge in [-0.2, -0.15) is 0 Å². The van der Waals surface area contributed by atoms with Gasteiger partial charge in [0.15, 0.2) is 11.5 Å². The molecule has 140 valence electrons. The summed E-state index contributed by atoms with van der Waals surface area (Å²) in [5, 5.41) is 0. The lowest BCUT2D eigenvalue weighted by Crippen LogP contribution is -2.14. The van der Waals surface area contributed by atoms with Crippen LogP contribution >= 0.6 is 0 Å². The normalized spacial score (nSPS) is 9.73. The molecule has 0 atom stereocenters. The van der Waals surface area contributed by atoms with E-state index >= 15 is 0 Å². The van der Waals surface area contributed by atoms with Crippen molar-refractivity contribution in [2.75, 3.05) is 0 Å². The van der Waals surface area contributed by atoms with Crippen LogP contribution in [0.2, 0.25) is 0 Å². The minimum atomic E-state index is -0.874. The number of rotatable bonds is 5. The van der Waals surface area contributed by atoms with Crippen molar-refractivity contribution >= 4 is 29.8 Å². The molecule has 0 bridgehead atoms. The molecule has 0 aliphatic heterocycles. The second-order valence-corrected chi connectivity index (χ2v) is 4.83. The molecule has 0 fully saturated rings. The fourth-order valence-corrected chi connectivity index (χ4v) is 1.76. The van der Waals surface area contributed by atoms with E-state index in [4.69, 9.17) is 23.7 Å². The fourth-order valence-electron chi connectivity index (χ4n) is 1.76. The highest BCUT2D eigenvalue weighted by Gasteiger charge is 2.29. The van der Waals surface area contributed by atoms with E-state index in [0.717, 1.165) is 40.7 Å². The van der Waals surface area contributed by atoms with Gasteiger partial charge in [-0.05, 0) is 0 Å². The zero-order chi connectivity index (χ0) is 20.0. The first-order valence-corrected chi connectivity index (χ1v) is 7.14. The predicted octanol–water partition coefficient (Wildman–Crippen LogP) is 1.31. The van der Waals surface area contributed by atoms with Crippen LogP contribution in [0.1, 0.15) is 34.6 Å². The number of carbonyl (C=O) groups is 5. The highest BCUT2D eigenvalue weighted by molar-refractivity contribution is 5.84. The summed E-state index contributed by atoms with van der Waals surface area (Å²) in [5.41, 5.74) is 0. The summed E-state index contributed by atoms with van der Waals surface area (Å²) < 4.78 is 24.6. The van der Waals surface area contributed by atoms with Gasteiger partial charge >= 0.3 is 29.8 Å². The molecular weight excluding hydrogens is 352 g/mol. The average Bonchev–Trinajstić information content (AvgIpc) is 2.44. The zero-order valence-electron chi connectivity index (χ0n) is 14.7. The Bertz CT molecular complexity index is 723. The van der Waals surface area contributed by atoms with E-state index in [0.29, 0.717) is 0 Å². The van der Waals surface area contributed by atoms with Gasteiger partial charge in [-0.3, -0.25) is 24.0 Å². The second kappa shape index (κ2) is 8.60. The van der Waals surface area contributed by atoms with Crippen LogP contribution in [0, 0.1) is 0 Å². The summed E-state index contributed by atoms with van der Waals surface area (Å²) in [4.78, 5) is 56.9. The Kier molecular flexibility index (Phi) is 6.82. The summed E-state index contributed by atoms with van der Waals surface area (Å²) in [6.45, 7) is 5.24. The molecule has 0 N–H and O–H groups in total. The van der Waals surface area contributed by atoms with Crippen LogP contribution < -0.4 is 23.7 Å². The Morgan fingerprint density at radius 3 is 1.04 bits per heavy atom. The van der Waals surface area contributed by atoms with E-state index in [1.807, 2.05) is 0 Å². The number of hydrogen-bond acceptors (Lipinski definition) is 10. The van der Waals surface area contributed by atoms with Gasteiger partial charge in [0.05, 0.1) is 0 Å². The van der Waals surface area contributed by atoms with Gasteiger partial charge in [0.2, 0.25) is 17.2 Å². The molecule has 0 saturated carbocycles. The highest BCUT2D eigenvalue weighted by Crippen LogP contribution is 2.51. The van der Waals surface area contributed by atoms with E-state index in [-0.39, 0.29) is 0 Å². The lowest BCUT2D eigenvalue weighted by molar-refractivity contribution is -0.137. The van der Waals surface area contributed by atoms with Gasteiger partial charge in [-0.1, -0.05) is 0 Å². The smallest absolute Gasteiger partial charge is 0.308 e. The number of esters is 5. The molecule has 1 aromatic rings. The van der Waals surface area contributed by atoms with Gasteiger partial charge in [0.1, 0.15) is 0 Å². The molecule has 0 amide bonds. The molecule has 0 aromatic heterocycles. The fraction of sp³-hybridized carbons (Fsp3) is 0.312. The minimum Gasteiger partial charge on any atom is -0.422 e. The molecule has 0 heterocycles. The molecule has 0 radical (unpaired) electrons. The molecule has 0 spiro atoms. The minimum absolute atomic E-state index is 0.392. The Labute approximate surface area is 147 Å². The Morgan fingerprint density at radius 2 is 0.769 bits per heavy atom. The Morgan fingerprint density at radius 1 is 0.500 bits per heavy atom. The van der Waals surface area contributed by atoms with Crippen LogP contribution in [-0.4, -0.2) is 29.8 Å². The number of ether oxygens (including phenoxy) is 5. The number of hydrogen-bond donors (Lipinski definition) is 0. The van der Waals surface area contributed by atoms with Crippen molar-refractivity contribution in [1.29, 1.82) is 0 Å². The zero-order valence-corrected chi connectivity index (χ0v) is 14.7. The summed E-state index contributed by atoms with van der Waals surface area (Å²) in [5.74, 6) is -6.54. The monoisotopic (exact) mass is 368 g/mol. The van der Waals surface area contributed by atoms with Crippen LogP contribution in [0.25, 0.3) is 0 Å². The van der Waals surface area contributed by atoms with Crippen molar-refractivity contribution in [3.8, 4) is 28.7 Å². The molecule has 1 aromatic carbocycles. The van der Waals surface area contributed by atoms with Crippen molar-refractivity contribution in [2.24, 2.45) is 0 Å². The van der Waals surface area contributed by atoms with E-state index < -0.39 is 58.6 Å². The van der Waals surface area contributed by atoms with Crippen LogP contribution in [0.5, 0.6) is 28.7 Å². The largest absolute Gasteiger partial charge is 0.422 e. The molecule has 26 heavy (non-hydrogen) atoms. The van der Waals surface area contributed by atoms with Crippen LogP contribution in [-0.2, 0) is 24.0 Å². The average molecular weight is 368 g/mol. The SMILES string of the molecule is CC(=O)Oc1cc(OC(C)=O)c(OC(C)=O)c(OC(C)=O)c1OC(C)=O. The first-order valence-electron chi connectivity index (χ1n) is 7.14. The molecular formula is C16H16O10. The second-order valence-electron chi connectivity index (χ2n) is 4.83. The molecule has 0 aliphatic rings. The first-order chi connectivity index (χ1) is 12.0. The summed E-state index contributed by atoms with van der Waals surface area (Å²) in [6, 6.07) is 0.979. The maximum atomic E-state index is 11.4. The summed E-state index contributed by atoms with van der Waals surface area (Å²) >= 11 is 0. The van der Waals surface area contributed by atoms with E-state index in [9.17, 15) is 24.0 Å². The van der Waals surface area contributed by atoms with Crippen LogP contribution in [0.15, 0.2) is 6.07 Å². The number of carbonyl (C=O) groups excluding carboxylic acids is 5. The van der Waals surface area contributed by atoms with E-state index in [1.54, 1.807) is 0 Å². The van der Waals surface area contributed by atoms with E-state index in [1.165, 1.54) is 0 Å². The van der Waals surface area contributed by atoms with Crippen molar-refractivity contribution in [2.45, 2.75) is 34.6 Å². The molecule has 1 rings (SSSR count). The topological polar surface area (TPSA) is 132 Å². The lowest BCUT2D eigenvalue weighted by atomic mass is 10.2. The van der Waals surface area contributed by atoms with Crippen LogP contribution in [0.4, 0.5) is 0 Å². The Hall–Kier alpha value is -3.43. The maximum Gasteiger partial charge on any atom is 0.308 e. The third-order valence-electron chi connectivity index (χ3n) is 2.37. The van der Waals surface area contributed by atoms with Crippen molar-refractivity contribution in [1.82, 2.24) is 0 Å². The van der Waals surface area contributed by atoms with Crippen molar-refractivity contribution in [3.63, 3.8) is 0 Å². The van der Waals surface area contributed by atoms with Gasteiger partial charge in [0.25, 0.3) is 0 Å². The van der Waals surface area contributed by atoms with Crippen molar-refractivity contribution in [3.05, 3.63) is 6.07 Å². The van der Waals surface area contributed by atoms with Gasteiger partial charge in [-0.15, -0.1) is 0 Å². The molecule has 0 aliphatic carbocycles. The maximum absolute atomic E-state index is 11.4. The van der Waals surface area contributed by atoms with Gasteiger partial charge in [0, 0.05) is 40.7 Å². The molecule has 10 heteroatoms. The Balaban J connectivity index is 3.82. The standard InChI is InChI=1S/C16H16O10/c1-7(17)22-12-6-13(23-8(2)18)15(25-10(4)20)16(26-11(5)21)14(12)24-9(3)19/h6H,1-5H3. The summed E-state index contributed by atoms with van der Waals surface area (Å²) in [6.07, 6.45) is 0. The third-order valence-corrected chi connectivity index (χ3v) is 2.37. The lowest BCUT2D eigenvalue weighted by Gasteiger charge is -2.18. The highest BCUT2D eigenvalue weighted by atomic mass is 16.6. The van der Waals surface area contributed by atoms with E-state index in [2.05, 4.69) is 0 Å². The van der Waals surface area contributed by atoms with Crippen LogP contribution in [0.3, 0.4) is 0 Å². The van der Waals surface area contributed by atoms with Crippen molar-refractivity contribution < 1.29 is 47.7 Å². The third kappa shape index (κ3) is 5.89. The van der Waals surface area contributed by atoms with Gasteiger partial charge in [-0.25, -0.2) is 0 Å². The first kappa shape index (κ1) is 20.6. The number of benzene rings is 1. The molecule has 0 unspecified atom stereocenters.